The van der Waals surface area contributed by atoms with Crippen molar-refractivity contribution in [2.45, 2.75) is 328 Å². The van der Waals surface area contributed by atoms with Gasteiger partial charge in [0.1, 0.15) is 0 Å². The SMILES string of the molecule is CCCCC/C=C\C/C=C\CCCCCCCC(=O)OCCCCCCCCCCCCCCCCCCCCCCCCCCCCCCCCCCCCCCCCO. The van der Waals surface area contributed by atoms with Crippen LogP contribution in [-0.2, 0) is 9.53 Å². The zero-order chi connectivity index (χ0) is 43.9. The minimum absolute atomic E-state index is 0.0139. The largest absolute Gasteiger partial charge is 0.466 e. The lowest BCUT2D eigenvalue weighted by Gasteiger charge is -2.06. The van der Waals surface area contributed by atoms with E-state index >= 15 is 0 Å². The van der Waals surface area contributed by atoms with Crippen LogP contribution in [0, 0.1) is 0 Å². The fourth-order valence-electron chi connectivity index (χ4n) is 8.92. The highest BCUT2D eigenvalue weighted by Gasteiger charge is 2.03. The number of hydrogen-bond donors (Lipinski definition) is 1. The molecular formula is C58H112O3. The van der Waals surface area contributed by atoms with E-state index in [9.17, 15) is 4.79 Å². The van der Waals surface area contributed by atoms with E-state index in [2.05, 4.69) is 31.2 Å². The first-order chi connectivity index (χ1) is 30.3. The van der Waals surface area contributed by atoms with Crippen molar-refractivity contribution in [1.29, 1.82) is 0 Å². The highest BCUT2D eigenvalue weighted by molar-refractivity contribution is 5.69. The van der Waals surface area contributed by atoms with Gasteiger partial charge in [0.05, 0.1) is 6.61 Å². The zero-order valence-corrected chi connectivity index (χ0v) is 41.8. The molecule has 0 aliphatic carbocycles. The number of carbonyl (C=O) groups is 1. The predicted octanol–water partition coefficient (Wildman–Crippen LogP) is 20.2. The monoisotopic (exact) mass is 857 g/mol. The van der Waals surface area contributed by atoms with Crippen LogP contribution < -0.4 is 0 Å². The molecule has 0 aromatic carbocycles. The molecule has 3 heteroatoms. The van der Waals surface area contributed by atoms with Crippen LogP contribution in [0.5, 0.6) is 0 Å². The van der Waals surface area contributed by atoms with E-state index in [-0.39, 0.29) is 5.97 Å². The molecule has 0 amide bonds. The Balaban J connectivity index is 3.15. The highest BCUT2D eigenvalue weighted by atomic mass is 16.5. The molecule has 0 aliphatic rings. The van der Waals surface area contributed by atoms with Gasteiger partial charge in [0.15, 0.2) is 0 Å². The molecule has 0 heterocycles. The maximum absolute atomic E-state index is 12.0. The first-order valence-electron chi connectivity index (χ1n) is 28.4. The van der Waals surface area contributed by atoms with Crippen molar-refractivity contribution in [3.05, 3.63) is 24.3 Å². The van der Waals surface area contributed by atoms with Gasteiger partial charge in [-0.05, 0) is 51.4 Å². The second-order valence-electron chi connectivity index (χ2n) is 19.4. The molecule has 0 radical (unpaired) electrons. The Morgan fingerprint density at radius 2 is 0.590 bits per heavy atom. The van der Waals surface area contributed by atoms with Crippen LogP contribution in [0.1, 0.15) is 328 Å². The number of ether oxygens (including phenoxy) is 1. The number of esters is 1. The van der Waals surface area contributed by atoms with Crippen molar-refractivity contribution < 1.29 is 14.6 Å². The van der Waals surface area contributed by atoms with Gasteiger partial charge in [0, 0.05) is 13.0 Å². The molecule has 0 fully saturated rings. The molecule has 0 rings (SSSR count). The number of aliphatic hydroxyl groups excluding tert-OH is 1. The maximum atomic E-state index is 12.0. The highest BCUT2D eigenvalue weighted by Crippen LogP contribution is 2.18. The van der Waals surface area contributed by atoms with Crippen molar-refractivity contribution in [2.75, 3.05) is 13.2 Å². The van der Waals surface area contributed by atoms with Crippen LogP contribution in [0.15, 0.2) is 24.3 Å². The summed E-state index contributed by atoms with van der Waals surface area (Å²) >= 11 is 0. The second kappa shape index (κ2) is 56.9. The molecule has 0 atom stereocenters. The summed E-state index contributed by atoms with van der Waals surface area (Å²) in [6.07, 6.45) is 76.6. The predicted molar refractivity (Wildman–Crippen MR) is 273 cm³/mol. The van der Waals surface area contributed by atoms with Crippen LogP contribution >= 0.6 is 0 Å². The molecule has 3 nitrogen and oxygen atoms in total. The summed E-state index contributed by atoms with van der Waals surface area (Å²) in [6.45, 7) is 3.25. The van der Waals surface area contributed by atoms with Crippen LogP contribution in [0.3, 0.4) is 0 Å². The standard InChI is InChI=1S/C58H112O3/c1-2-3-4-5-6-7-8-9-34-37-40-43-46-49-52-55-58(60)61-57-54-51-48-45-42-39-36-33-31-29-27-25-23-21-19-17-15-13-11-10-12-14-16-18-20-22-24-26-28-30-32-35-38-41-44-47-50-53-56-59/h6-7,9,34,59H,2-5,8,10-33,35-57H2,1H3/b7-6-,34-9-. The Bertz CT molecular complexity index is 848. The van der Waals surface area contributed by atoms with Gasteiger partial charge in [-0.3, -0.25) is 4.79 Å². The Labute approximate surface area is 384 Å². The Morgan fingerprint density at radius 3 is 0.902 bits per heavy atom. The lowest BCUT2D eigenvalue weighted by atomic mass is 10.0. The third-order valence-corrected chi connectivity index (χ3v) is 13.1. The van der Waals surface area contributed by atoms with E-state index in [1.54, 1.807) is 0 Å². The van der Waals surface area contributed by atoms with Crippen LogP contribution in [0.4, 0.5) is 0 Å². The molecule has 0 saturated carbocycles. The molecule has 1 N–H and O–H groups in total. The first-order valence-corrected chi connectivity index (χ1v) is 28.4. The molecule has 0 unspecified atom stereocenters. The van der Waals surface area contributed by atoms with Crippen LogP contribution in [-0.4, -0.2) is 24.3 Å². The molecule has 0 aromatic rings. The lowest BCUT2D eigenvalue weighted by molar-refractivity contribution is -0.143. The number of rotatable bonds is 54. The lowest BCUT2D eigenvalue weighted by Crippen LogP contribution is -2.05. The minimum Gasteiger partial charge on any atom is -0.466 e. The van der Waals surface area contributed by atoms with Gasteiger partial charge in [-0.15, -0.1) is 0 Å². The van der Waals surface area contributed by atoms with Crippen molar-refractivity contribution in [3.63, 3.8) is 0 Å². The molecule has 0 spiro atoms. The normalized spacial score (nSPS) is 11.8. The van der Waals surface area contributed by atoms with E-state index in [1.165, 1.54) is 283 Å². The second-order valence-corrected chi connectivity index (χ2v) is 19.4. The fourth-order valence-corrected chi connectivity index (χ4v) is 8.92. The molecule has 0 saturated heterocycles. The molecule has 61 heavy (non-hydrogen) atoms. The van der Waals surface area contributed by atoms with Crippen molar-refractivity contribution >= 4 is 5.97 Å². The summed E-state index contributed by atoms with van der Waals surface area (Å²) in [5.74, 6) is 0.0139. The Morgan fingerprint density at radius 1 is 0.328 bits per heavy atom. The van der Waals surface area contributed by atoms with Gasteiger partial charge in [0.25, 0.3) is 0 Å². The molecular weight excluding hydrogens is 745 g/mol. The van der Waals surface area contributed by atoms with Gasteiger partial charge in [-0.2, -0.15) is 0 Å². The van der Waals surface area contributed by atoms with Gasteiger partial charge in [-0.25, -0.2) is 0 Å². The van der Waals surface area contributed by atoms with Gasteiger partial charge in [-0.1, -0.05) is 294 Å². The quantitative estimate of drug-likeness (QED) is 0.0377. The summed E-state index contributed by atoms with van der Waals surface area (Å²) < 4.78 is 5.48. The Kier molecular flexibility index (Phi) is 55.9. The zero-order valence-electron chi connectivity index (χ0n) is 41.8. The van der Waals surface area contributed by atoms with Gasteiger partial charge >= 0.3 is 5.97 Å². The molecule has 0 aromatic heterocycles. The van der Waals surface area contributed by atoms with E-state index in [0.717, 1.165) is 32.1 Å². The summed E-state index contributed by atoms with van der Waals surface area (Å²) in [4.78, 5) is 12.0. The summed E-state index contributed by atoms with van der Waals surface area (Å²) in [5, 5.41) is 8.83. The molecule has 0 aliphatic heterocycles. The third-order valence-electron chi connectivity index (χ3n) is 13.1. The number of carbonyl (C=O) groups excluding carboxylic acids is 1. The van der Waals surface area contributed by atoms with Gasteiger partial charge < -0.3 is 9.84 Å². The van der Waals surface area contributed by atoms with E-state index < -0.39 is 0 Å². The smallest absolute Gasteiger partial charge is 0.305 e. The van der Waals surface area contributed by atoms with Crippen molar-refractivity contribution in [3.8, 4) is 0 Å². The average Bonchev–Trinajstić information content (AvgIpc) is 3.27. The topological polar surface area (TPSA) is 46.5 Å². The van der Waals surface area contributed by atoms with Crippen LogP contribution in [0.25, 0.3) is 0 Å². The first kappa shape index (κ1) is 59.9. The number of allylic oxidation sites excluding steroid dienone is 4. The fraction of sp³-hybridized carbons (Fsp3) is 0.914. The third kappa shape index (κ3) is 56.9. The molecule has 362 valence electrons. The number of unbranched alkanes of at least 4 members (excludes halogenated alkanes) is 45. The van der Waals surface area contributed by atoms with Crippen molar-refractivity contribution in [2.24, 2.45) is 0 Å². The van der Waals surface area contributed by atoms with Gasteiger partial charge in [0.2, 0.25) is 0 Å². The number of hydrogen-bond acceptors (Lipinski definition) is 3. The summed E-state index contributed by atoms with van der Waals surface area (Å²) in [6, 6.07) is 0. The average molecular weight is 858 g/mol. The minimum atomic E-state index is 0.0139. The van der Waals surface area contributed by atoms with E-state index in [1.807, 2.05) is 0 Å². The van der Waals surface area contributed by atoms with Crippen LogP contribution in [0.2, 0.25) is 0 Å². The van der Waals surface area contributed by atoms with E-state index in [4.69, 9.17) is 9.84 Å². The van der Waals surface area contributed by atoms with E-state index in [0.29, 0.717) is 19.6 Å². The number of aliphatic hydroxyl groups is 1. The summed E-state index contributed by atoms with van der Waals surface area (Å²) in [7, 11) is 0. The Hall–Kier alpha value is -1.09. The van der Waals surface area contributed by atoms with Crippen molar-refractivity contribution in [1.82, 2.24) is 0 Å². The maximum Gasteiger partial charge on any atom is 0.305 e. The molecule has 0 bridgehead atoms. The summed E-state index contributed by atoms with van der Waals surface area (Å²) in [5.41, 5.74) is 0.